The number of carbonyl (C=O) groups excluding carboxylic acids is 1. The van der Waals surface area contributed by atoms with Gasteiger partial charge in [-0.3, -0.25) is 4.79 Å². The van der Waals surface area contributed by atoms with Crippen molar-refractivity contribution in [3.05, 3.63) is 0 Å². The minimum absolute atomic E-state index is 0.0353. The van der Waals surface area contributed by atoms with Crippen molar-refractivity contribution in [2.75, 3.05) is 19.8 Å². The molecule has 0 aromatic heterocycles. The lowest BCUT2D eigenvalue weighted by atomic mass is 9.96. The lowest BCUT2D eigenvalue weighted by Crippen LogP contribution is -2.43. The highest BCUT2D eigenvalue weighted by Crippen LogP contribution is 2.11. The normalized spacial score (nSPS) is 11.5. The van der Waals surface area contributed by atoms with Gasteiger partial charge in [-0.25, -0.2) is 0 Å². The fourth-order valence-corrected chi connectivity index (χ4v) is 1.18. The largest absolute Gasteiger partial charge is 0.379 e. The number of hydrogen-bond donors (Lipinski definition) is 2. The van der Waals surface area contributed by atoms with Crippen LogP contribution >= 0.6 is 0 Å². The molecule has 0 heterocycles. The van der Waals surface area contributed by atoms with Crippen molar-refractivity contribution in [2.45, 2.75) is 45.6 Å². The monoisotopic (exact) mass is 216 g/mol. The average molecular weight is 216 g/mol. The van der Waals surface area contributed by atoms with Gasteiger partial charge in [-0.2, -0.15) is 0 Å². The lowest BCUT2D eigenvalue weighted by Gasteiger charge is -2.26. The van der Waals surface area contributed by atoms with E-state index in [2.05, 4.69) is 19.2 Å². The summed E-state index contributed by atoms with van der Waals surface area (Å²) in [6.45, 7) is 7.65. The van der Waals surface area contributed by atoms with Gasteiger partial charge < -0.3 is 15.8 Å². The van der Waals surface area contributed by atoms with Gasteiger partial charge in [0.15, 0.2) is 0 Å². The van der Waals surface area contributed by atoms with E-state index in [1.807, 2.05) is 6.92 Å². The molecule has 3 N–H and O–H groups in total. The van der Waals surface area contributed by atoms with E-state index in [1.165, 1.54) is 0 Å². The van der Waals surface area contributed by atoms with E-state index in [9.17, 15) is 4.79 Å². The fourth-order valence-electron chi connectivity index (χ4n) is 1.18. The zero-order valence-electron chi connectivity index (χ0n) is 10.1. The third-order valence-electron chi connectivity index (χ3n) is 2.65. The molecule has 0 aromatic carbocycles. The topological polar surface area (TPSA) is 64.3 Å². The zero-order chi connectivity index (χ0) is 11.7. The Morgan fingerprint density at radius 1 is 1.33 bits per heavy atom. The summed E-state index contributed by atoms with van der Waals surface area (Å²) in [5, 5.41) is 2.72. The molecule has 0 saturated carbocycles. The molecular weight excluding hydrogens is 192 g/mol. The Bertz CT molecular complexity index is 179. The molecule has 4 heteroatoms. The molecule has 15 heavy (non-hydrogen) atoms. The van der Waals surface area contributed by atoms with E-state index < -0.39 is 0 Å². The molecule has 0 aliphatic rings. The Balaban J connectivity index is 3.57. The van der Waals surface area contributed by atoms with Crippen LogP contribution in [0.5, 0.6) is 0 Å². The Hall–Kier alpha value is -0.610. The van der Waals surface area contributed by atoms with Crippen LogP contribution in [0.25, 0.3) is 0 Å². The van der Waals surface area contributed by atoms with Gasteiger partial charge >= 0.3 is 0 Å². The summed E-state index contributed by atoms with van der Waals surface area (Å²) < 4.78 is 5.41. The number of amides is 1. The highest BCUT2D eigenvalue weighted by molar-refractivity contribution is 5.75. The van der Waals surface area contributed by atoms with Gasteiger partial charge in [-0.15, -0.1) is 0 Å². The van der Waals surface area contributed by atoms with Gasteiger partial charge in [0.1, 0.15) is 0 Å². The van der Waals surface area contributed by atoms with Gasteiger partial charge in [0, 0.05) is 18.5 Å². The number of ether oxygens (including phenoxy) is 1. The molecule has 0 fully saturated rings. The molecule has 1 amide bonds. The zero-order valence-corrected chi connectivity index (χ0v) is 10.1. The molecule has 0 aromatic rings. The van der Waals surface area contributed by atoms with Crippen LogP contribution in [-0.4, -0.2) is 31.2 Å². The molecule has 0 saturated heterocycles. The summed E-state index contributed by atoms with van der Waals surface area (Å²) >= 11 is 0. The minimum atomic E-state index is -0.235. The van der Waals surface area contributed by atoms with Crippen molar-refractivity contribution >= 4 is 5.91 Å². The van der Waals surface area contributed by atoms with Crippen LogP contribution in [0.1, 0.15) is 40.0 Å². The maximum Gasteiger partial charge on any atom is 0.222 e. The molecule has 0 spiro atoms. The smallest absolute Gasteiger partial charge is 0.222 e. The van der Waals surface area contributed by atoms with Crippen LogP contribution in [0.4, 0.5) is 0 Å². The van der Waals surface area contributed by atoms with E-state index in [4.69, 9.17) is 10.5 Å². The van der Waals surface area contributed by atoms with Crippen LogP contribution in [0.15, 0.2) is 0 Å². The average Bonchev–Trinajstić information content (AvgIpc) is 2.24. The first-order valence-corrected chi connectivity index (χ1v) is 5.71. The Kier molecular flexibility index (Phi) is 7.34. The number of rotatable bonds is 8. The van der Waals surface area contributed by atoms with Crippen molar-refractivity contribution in [1.29, 1.82) is 0 Å². The number of carbonyl (C=O) groups is 1. The molecule has 0 unspecified atom stereocenters. The SMILES string of the molecule is CCNC(=O)CCOCC(N)(CC)CC. The second-order valence-electron chi connectivity index (χ2n) is 3.83. The number of hydrogen-bond acceptors (Lipinski definition) is 3. The number of nitrogens with two attached hydrogens (primary N) is 1. The molecule has 0 radical (unpaired) electrons. The van der Waals surface area contributed by atoms with Gasteiger partial charge in [-0.1, -0.05) is 13.8 Å². The molecule has 0 aliphatic carbocycles. The maximum atomic E-state index is 11.1. The molecule has 4 nitrogen and oxygen atoms in total. The van der Waals surface area contributed by atoms with Crippen molar-refractivity contribution in [1.82, 2.24) is 5.32 Å². The van der Waals surface area contributed by atoms with Crippen LogP contribution in [-0.2, 0) is 9.53 Å². The van der Waals surface area contributed by atoms with Crippen molar-refractivity contribution < 1.29 is 9.53 Å². The fraction of sp³-hybridized carbons (Fsp3) is 0.909. The Morgan fingerprint density at radius 3 is 2.40 bits per heavy atom. The summed E-state index contributed by atoms with van der Waals surface area (Å²) in [6.07, 6.45) is 2.20. The predicted molar refractivity (Wildman–Crippen MR) is 61.6 cm³/mol. The van der Waals surface area contributed by atoms with Gasteiger partial charge in [0.2, 0.25) is 5.91 Å². The summed E-state index contributed by atoms with van der Waals surface area (Å²) in [7, 11) is 0. The lowest BCUT2D eigenvalue weighted by molar-refractivity contribution is -0.122. The first kappa shape index (κ1) is 14.4. The molecular formula is C11H24N2O2. The first-order chi connectivity index (χ1) is 7.08. The summed E-state index contributed by atoms with van der Waals surface area (Å²) in [5.74, 6) is 0.0353. The maximum absolute atomic E-state index is 11.1. The first-order valence-electron chi connectivity index (χ1n) is 5.71. The van der Waals surface area contributed by atoms with Gasteiger partial charge in [-0.05, 0) is 19.8 Å². The molecule has 0 atom stereocenters. The molecule has 0 aliphatic heterocycles. The second kappa shape index (κ2) is 7.65. The third kappa shape index (κ3) is 6.47. The predicted octanol–water partition coefficient (Wildman–Crippen LogP) is 1.05. The highest BCUT2D eigenvalue weighted by atomic mass is 16.5. The van der Waals surface area contributed by atoms with E-state index >= 15 is 0 Å². The second-order valence-corrected chi connectivity index (χ2v) is 3.83. The van der Waals surface area contributed by atoms with Gasteiger partial charge in [0.05, 0.1) is 13.2 Å². The molecule has 0 rings (SSSR count). The van der Waals surface area contributed by atoms with Crippen LogP contribution < -0.4 is 11.1 Å². The van der Waals surface area contributed by atoms with Crippen molar-refractivity contribution in [3.8, 4) is 0 Å². The number of nitrogens with one attached hydrogen (secondary N) is 1. The highest BCUT2D eigenvalue weighted by Gasteiger charge is 2.20. The standard InChI is InChI=1S/C11H24N2O2/c1-4-11(12,5-2)9-15-8-7-10(14)13-6-3/h4-9,12H2,1-3H3,(H,13,14). The quantitative estimate of drug-likeness (QED) is 0.596. The summed E-state index contributed by atoms with van der Waals surface area (Å²) in [6, 6.07) is 0. The Labute approximate surface area is 92.6 Å². The van der Waals surface area contributed by atoms with Gasteiger partial charge in [0.25, 0.3) is 0 Å². The summed E-state index contributed by atoms with van der Waals surface area (Å²) in [4.78, 5) is 11.1. The van der Waals surface area contributed by atoms with Crippen LogP contribution in [0.3, 0.4) is 0 Å². The molecule has 90 valence electrons. The Morgan fingerprint density at radius 2 is 1.93 bits per heavy atom. The van der Waals surface area contributed by atoms with Crippen molar-refractivity contribution in [3.63, 3.8) is 0 Å². The third-order valence-corrected chi connectivity index (χ3v) is 2.65. The van der Waals surface area contributed by atoms with E-state index in [0.717, 1.165) is 12.8 Å². The summed E-state index contributed by atoms with van der Waals surface area (Å²) in [5.41, 5.74) is 5.81. The van der Waals surface area contributed by atoms with E-state index in [0.29, 0.717) is 26.2 Å². The minimum Gasteiger partial charge on any atom is -0.379 e. The van der Waals surface area contributed by atoms with E-state index in [1.54, 1.807) is 0 Å². The van der Waals surface area contributed by atoms with Crippen molar-refractivity contribution in [2.24, 2.45) is 5.73 Å². The van der Waals surface area contributed by atoms with Crippen LogP contribution in [0.2, 0.25) is 0 Å². The van der Waals surface area contributed by atoms with E-state index in [-0.39, 0.29) is 11.4 Å². The van der Waals surface area contributed by atoms with Crippen LogP contribution in [0, 0.1) is 0 Å². The molecule has 0 bridgehead atoms.